The van der Waals surface area contributed by atoms with Gasteiger partial charge in [-0.3, -0.25) is 4.21 Å². The molecule has 12 heteroatoms. The Hall–Kier alpha value is -1.33. The van der Waals surface area contributed by atoms with Crippen LogP contribution in [-0.4, -0.2) is 22.7 Å². The smallest absolute Gasteiger partial charge is 0.400 e. The van der Waals surface area contributed by atoms with Gasteiger partial charge in [0.25, 0.3) is 0 Å². The number of alkyl halides is 5. The fourth-order valence-electron chi connectivity index (χ4n) is 2.30. The van der Waals surface area contributed by atoms with Gasteiger partial charge in [0.05, 0.1) is 10.8 Å². The van der Waals surface area contributed by atoms with Gasteiger partial charge < -0.3 is 4.74 Å². The van der Waals surface area contributed by atoms with Gasteiger partial charge in [-0.05, 0) is 46.6 Å². The van der Waals surface area contributed by atoms with E-state index < -0.39 is 62.9 Å². The second kappa shape index (κ2) is 8.58. The number of benzene rings is 2. The van der Waals surface area contributed by atoms with Gasteiger partial charge in [-0.2, -0.15) is 22.0 Å². The third kappa shape index (κ3) is 5.18. The predicted molar refractivity (Wildman–Crippen MR) is 93.2 cm³/mol. The number of rotatable bonds is 5. The maximum atomic E-state index is 14.7. The zero-order valence-corrected chi connectivity index (χ0v) is 16.8. The molecule has 2 aromatic rings. The number of hydrogen-bond donors (Lipinski definition) is 0. The summed E-state index contributed by atoms with van der Waals surface area (Å²) < 4.78 is 108. The van der Waals surface area contributed by atoms with Gasteiger partial charge in [0.15, 0.2) is 11.6 Å². The summed E-state index contributed by atoms with van der Waals surface area (Å²) in [7, 11) is -2.59. The number of halogens is 9. The van der Waals surface area contributed by atoms with Crippen LogP contribution in [0, 0.1) is 18.6 Å². The monoisotopic (exact) mass is 512 g/mol. The maximum Gasteiger partial charge on any atom is 0.400 e. The Balaban J connectivity index is 2.67. The largest absolute Gasteiger partial charge is 0.430 e. The highest BCUT2D eigenvalue weighted by atomic mass is 79.9. The minimum atomic E-state index is -4.75. The standard InChI is InChI=1S/C16H9BrClF7O2S/c1-6-2-10(19)7(4-11(6)28(26)5-16(23,24)25)8-3-9(17)12(18)14(13(8)20)27-15(21)22/h2-4,15H,5H2,1H3. The van der Waals surface area contributed by atoms with Crippen molar-refractivity contribution in [2.45, 2.75) is 24.6 Å². The Morgan fingerprint density at radius 2 is 1.79 bits per heavy atom. The summed E-state index contributed by atoms with van der Waals surface area (Å²) in [6, 6.07) is 2.49. The molecule has 0 saturated heterocycles. The Bertz CT molecular complexity index is 934. The molecule has 0 amide bonds. The topological polar surface area (TPSA) is 26.3 Å². The molecule has 0 aromatic heterocycles. The fourth-order valence-corrected chi connectivity index (χ4v) is 4.01. The molecule has 0 aliphatic rings. The van der Waals surface area contributed by atoms with Crippen molar-refractivity contribution in [2.75, 3.05) is 5.75 Å². The van der Waals surface area contributed by atoms with Crippen LogP contribution in [0.4, 0.5) is 30.7 Å². The first-order valence-electron chi connectivity index (χ1n) is 7.19. The zero-order chi connectivity index (χ0) is 21.4. The van der Waals surface area contributed by atoms with Crippen molar-refractivity contribution in [3.63, 3.8) is 0 Å². The van der Waals surface area contributed by atoms with Crippen LogP contribution in [0.25, 0.3) is 11.1 Å². The van der Waals surface area contributed by atoms with Gasteiger partial charge in [0.1, 0.15) is 16.6 Å². The molecule has 1 unspecified atom stereocenters. The van der Waals surface area contributed by atoms with E-state index in [2.05, 4.69) is 20.7 Å². The lowest BCUT2D eigenvalue weighted by Crippen LogP contribution is -2.19. The van der Waals surface area contributed by atoms with Gasteiger partial charge >= 0.3 is 12.8 Å². The molecule has 0 saturated carbocycles. The molecule has 0 bridgehead atoms. The third-order valence-electron chi connectivity index (χ3n) is 3.42. The number of ether oxygens (including phenoxy) is 1. The molecule has 2 nitrogen and oxygen atoms in total. The molecule has 2 rings (SSSR count). The second-order valence-electron chi connectivity index (χ2n) is 5.44. The van der Waals surface area contributed by atoms with Crippen LogP contribution >= 0.6 is 27.5 Å². The van der Waals surface area contributed by atoms with Crippen molar-refractivity contribution in [1.29, 1.82) is 0 Å². The van der Waals surface area contributed by atoms with Crippen molar-refractivity contribution in [1.82, 2.24) is 0 Å². The van der Waals surface area contributed by atoms with E-state index in [4.69, 9.17) is 11.6 Å². The highest BCUT2D eigenvalue weighted by molar-refractivity contribution is 9.10. The molecule has 1 atom stereocenters. The highest BCUT2D eigenvalue weighted by Gasteiger charge is 2.32. The Morgan fingerprint density at radius 3 is 2.32 bits per heavy atom. The molecule has 2 aromatic carbocycles. The van der Waals surface area contributed by atoms with Crippen molar-refractivity contribution in [3.8, 4) is 16.9 Å². The van der Waals surface area contributed by atoms with Crippen molar-refractivity contribution < 1.29 is 39.7 Å². The first kappa shape index (κ1) is 23.0. The van der Waals surface area contributed by atoms with Crippen LogP contribution in [0.5, 0.6) is 5.75 Å². The minimum Gasteiger partial charge on any atom is -0.430 e. The Kier molecular flexibility index (Phi) is 7.03. The molecule has 0 radical (unpaired) electrons. The average molecular weight is 514 g/mol. The van der Waals surface area contributed by atoms with Crippen LogP contribution in [0.1, 0.15) is 5.56 Å². The number of aryl methyl sites for hydroxylation is 1. The Labute approximate surface area is 170 Å². The predicted octanol–water partition coefficient (Wildman–Crippen LogP) is 6.63. The summed E-state index contributed by atoms with van der Waals surface area (Å²) in [6.07, 6.45) is -4.75. The van der Waals surface area contributed by atoms with Gasteiger partial charge in [0, 0.05) is 20.5 Å². The quantitative estimate of drug-likeness (QED) is 0.331. The summed E-state index contributed by atoms with van der Waals surface area (Å²) in [5.74, 6) is -5.28. The molecule has 0 aliphatic heterocycles. The van der Waals surface area contributed by atoms with Gasteiger partial charge in [-0.1, -0.05) is 11.6 Å². The minimum absolute atomic E-state index is 0.0543. The van der Waals surface area contributed by atoms with Crippen LogP contribution in [0.3, 0.4) is 0 Å². The molecular formula is C16H9BrClF7O2S. The van der Waals surface area contributed by atoms with E-state index in [0.717, 1.165) is 18.2 Å². The summed E-state index contributed by atoms with van der Waals surface area (Å²) in [6.45, 7) is -2.21. The molecule has 0 spiro atoms. The van der Waals surface area contributed by atoms with E-state index in [1.54, 1.807) is 0 Å². The van der Waals surface area contributed by atoms with Gasteiger partial charge in [-0.15, -0.1) is 0 Å². The van der Waals surface area contributed by atoms with Gasteiger partial charge in [-0.25, -0.2) is 8.78 Å². The van der Waals surface area contributed by atoms with Crippen LogP contribution < -0.4 is 4.74 Å². The first-order valence-corrected chi connectivity index (χ1v) is 9.68. The SMILES string of the molecule is Cc1cc(F)c(-c2cc(Br)c(Cl)c(OC(F)F)c2F)cc1S(=O)CC(F)(F)F. The van der Waals surface area contributed by atoms with Crippen LogP contribution in [-0.2, 0) is 10.8 Å². The van der Waals surface area contributed by atoms with E-state index in [-0.39, 0.29) is 14.9 Å². The molecule has 154 valence electrons. The normalized spacial score (nSPS) is 13.1. The molecule has 0 N–H and O–H groups in total. The lowest BCUT2D eigenvalue weighted by molar-refractivity contribution is -0.105. The summed E-state index contributed by atoms with van der Waals surface area (Å²) in [5, 5.41) is -0.546. The third-order valence-corrected chi connectivity index (χ3v) is 6.17. The van der Waals surface area contributed by atoms with Crippen LogP contribution in [0.2, 0.25) is 5.02 Å². The van der Waals surface area contributed by atoms with E-state index in [1.165, 1.54) is 6.92 Å². The average Bonchev–Trinajstić information content (AvgIpc) is 2.53. The van der Waals surface area contributed by atoms with E-state index in [1.807, 2.05) is 0 Å². The molecule has 0 fully saturated rings. The second-order valence-corrected chi connectivity index (χ2v) is 8.10. The highest BCUT2D eigenvalue weighted by Crippen LogP contribution is 2.42. The van der Waals surface area contributed by atoms with E-state index in [0.29, 0.717) is 0 Å². The van der Waals surface area contributed by atoms with Crippen LogP contribution in [0.15, 0.2) is 27.6 Å². The Morgan fingerprint density at radius 1 is 1.18 bits per heavy atom. The van der Waals surface area contributed by atoms with Crippen molar-refractivity contribution >= 4 is 38.3 Å². The lowest BCUT2D eigenvalue weighted by Gasteiger charge is -2.15. The number of hydrogen-bond acceptors (Lipinski definition) is 2. The first-order chi connectivity index (χ1) is 12.8. The van der Waals surface area contributed by atoms with E-state index >= 15 is 0 Å². The summed E-state index contributed by atoms with van der Waals surface area (Å²) in [4.78, 5) is -0.379. The van der Waals surface area contributed by atoms with Crippen molar-refractivity contribution in [3.05, 3.63) is 44.9 Å². The molecule has 0 heterocycles. The molecular weight excluding hydrogens is 505 g/mol. The fraction of sp³-hybridized carbons (Fsp3) is 0.250. The van der Waals surface area contributed by atoms with Crippen molar-refractivity contribution in [2.24, 2.45) is 0 Å². The zero-order valence-electron chi connectivity index (χ0n) is 13.6. The summed E-state index contributed by atoms with van der Waals surface area (Å²) in [5.41, 5.74) is -1.26. The molecule has 28 heavy (non-hydrogen) atoms. The summed E-state index contributed by atoms with van der Waals surface area (Å²) >= 11 is 8.60. The van der Waals surface area contributed by atoms with E-state index in [9.17, 15) is 34.9 Å². The lowest BCUT2D eigenvalue weighted by atomic mass is 10.0. The maximum absolute atomic E-state index is 14.7. The van der Waals surface area contributed by atoms with Gasteiger partial charge in [0.2, 0.25) is 0 Å². The molecule has 0 aliphatic carbocycles.